The van der Waals surface area contributed by atoms with E-state index >= 15 is 0 Å². The third-order valence-corrected chi connectivity index (χ3v) is 3.94. The number of aryl methyl sites for hydroxylation is 1. The maximum absolute atomic E-state index is 4.73. The maximum atomic E-state index is 4.73. The van der Waals surface area contributed by atoms with Crippen LogP contribution in [0.1, 0.15) is 11.4 Å². The van der Waals surface area contributed by atoms with Crippen LogP contribution >= 0.6 is 0 Å². The van der Waals surface area contributed by atoms with E-state index in [1.165, 1.54) is 5.69 Å². The second kappa shape index (κ2) is 3.98. The van der Waals surface area contributed by atoms with Gasteiger partial charge in [0.25, 0.3) is 0 Å². The van der Waals surface area contributed by atoms with Crippen molar-refractivity contribution in [2.24, 2.45) is 0 Å². The van der Waals surface area contributed by atoms with E-state index in [0.717, 1.165) is 22.8 Å². The van der Waals surface area contributed by atoms with Crippen molar-refractivity contribution in [3.8, 4) is 0 Å². The van der Waals surface area contributed by atoms with E-state index in [1.807, 2.05) is 24.3 Å². The summed E-state index contributed by atoms with van der Waals surface area (Å²) in [4.78, 5) is 9.35. The van der Waals surface area contributed by atoms with Crippen LogP contribution in [0.25, 0.3) is 11.0 Å². The van der Waals surface area contributed by atoms with Gasteiger partial charge in [0, 0.05) is 0 Å². The van der Waals surface area contributed by atoms with Gasteiger partial charge in [0.1, 0.15) is 0 Å². The topological polar surface area (TPSA) is 25.8 Å². The van der Waals surface area contributed by atoms with Crippen molar-refractivity contribution >= 4 is 19.1 Å². The van der Waals surface area contributed by atoms with Crippen LogP contribution in [0.3, 0.4) is 0 Å². The highest BCUT2D eigenvalue weighted by atomic mass is 28.3. The second-order valence-electron chi connectivity index (χ2n) is 5.48. The number of rotatable bonds is 2. The molecule has 2 nitrogen and oxygen atoms in total. The summed E-state index contributed by atoms with van der Waals surface area (Å²) in [5.41, 5.74) is 4.28. The van der Waals surface area contributed by atoms with E-state index < -0.39 is 8.07 Å². The Hall–Kier alpha value is -1.22. The number of nitrogens with zero attached hydrogens (tertiary/aromatic N) is 2. The summed E-state index contributed by atoms with van der Waals surface area (Å²) in [5.74, 6) is 0. The van der Waals surface area contributed by atoms with Gasteiger partial charge >= 0.3 is 0 Å². The molecular formula is C13H18N2Si. The molecule has 84 valence electrons. The van der Waals surface area contributed by atoms with E-state index in [0.29, 0.717) is 0 Å². The lowest BCUT2D eigenvalue weighted by Crippen LogP contribution is -2.25. The second-order valence-corrected chi connectivity index (χ2v) is 11.0. The average molecular weight is 230 g/mol. The monoisotopic (exact) mass is 230 g/mol. The van der Waals surface area contributed by atoms with Gasteiger partial charge in [-0.1, -0.05) is 31.8 Å². The largest absolute Gasteiger partial charge is 0.250 e. The van der Waals surface area contributed by atoms with Crippen molar-refractivity contribution < 1.29 is 0 Å². The molecule has 1 aromatic heterocycles. The molecule has 0 fully saturated rings. The van der Waals surface area contributed by atoms with Crippen LogP contribution in [0.15, 0.2) is 24.3 Å². The molecule has 0 bridgehead atoms. The van der Waals surface area contributed by atoms with Crippen molar-refractivity contribution in [1.29, 1.82) is 0 Å². The number of hydrogen-bond donors (Lipinski definition) is 0. The standard InChI is InChI=1S/C13H18N2Si/c1-10-13(9-16(2,3)4)15-12-8-6-5-7-11(12)14-10/h5-8H,9H2,1-4H3. The molecule has 16 heavy (non-hydrogen) atoms. The van der Waals surface area contributed by atoms with Gasteiger partial charge in [-0.15, -0.1) is 0 Å². The van der Waals surface area contributed by atoms with Gasteiger partial charge in [0.05, 0.1) is 30.5 Å². The van der Waals surface area contributed by atoms with E-state index in [9.17, 15) is 0 Å². The fourth-order valence-corrected chi connectivity index (χ4v) is 3.13. The van der Waals surface area contributed by atoms with Gasteiger partial charge in [0.15, 0.2) is 0 Å². The summed E-state index contributed by atoms with van der Waals surface area (Å²) in [6, 6.07) is 9.19. The van der Waals surface area contributed by atoms with Crippen molar-refractivity contribution in [2.45, 2.75) is 32.6 Å². The molecule has 0 radical (unpaired) electrons. The molecule has 3 heteroatoms. The Morgan fingerprint density at radius 1 is 1.00 bits per heavy atom. The summed E-state index contributed by atoms with van der Waals surface area (Å²) in [5, 5.41) is 0. The zero-order valence-corrected chi connectivity index (χ0v) is 11.4. The smallest absolute Gasteiger partial charge is 0.0890 e. The first-order chi connectivity index (χ1) is 7.46. The lowest BCUT2D eigenvalue weighted by Gasteiger charge is -2.16. The van der Waals surface area contributed by atoms with Crippen molar-refractivity contribution in [3.05, 3.63) is 35.7 Å². The first-order valence-electron chi connectivity index (χ1n) is 5.68. The zero-order valence-electron chi connectivity index (χ0n) is 10.4. The van der Waals surface area contributed by atoms with Gasteiger partial charge < -0.3 is 0 Å². The maximum Gasteiger partial charge on any atom is 0.0890 e. The van der Waals surface area contributed by atoms with Crippen LogP contribution in [-0.4, -0.2) is 18.0 Å². The molecule has 0 spiro atoms. The average Bonchev–Trinajstić information content (AvgIpc) is 2.17. The molecule has 0 aliphatic carbocycles. The van der Waals surface area contributed by atoms with E-state index in [1.54, 1.807) is 0 Å². The molecule has 0 saturated carbocycles. The highest BCUT2D eigenvalue weighted by Gasteiger charge is 2.17. The summed E-state index contributed by atoms with van der Waals surface area (Å²) in [6.07, 6.45) is 0. The van der Waals surface area contributed by atoms with Crippen LogP contribution in [-0.2, 0) is 6.04 Å². The minimum Gasteiger partial charge on any atom is -0.250 e. The van der Waals surface area contributed by atoms with Crippen molar-refractivity contribution in [2.75, 3.05) is 0 Å². The minimum atomic E-state index is -1.12. The van der Waals surface area contributed by atoms with Crippen LogP contribution in [0, 0.1) is 6.92 Å². The lowest BCUT2D eigenvalue weighted by atomic mass is 10.2. The molecule has 0 amide bonds. The molecule has 0 aliphatic rings. The first kappa shape index (κ1) is 11.3. The van der Waals surface area contributed by atoms with Crippen LogP contribution in [0.2, 0.25) is 19.6 Å². The third kappa shape index (κ3) is 2.47. The predicted molar refractivity (Wildman–Crippen MR) is 71.3 cm³/mol. The fourth-order valence-electron chi connectivity index (χ4n) is 1.79. The van der Waals surface area contributed by atoms with Gasteiger partial charge in [-0.2, -0.15) is 0 Å². The predicted octanol–water partition coefficient (Wildman–Crippen LogP) is 3.36. The van der Waals surface area contributed by atoms with Crippen LogP contribution < -0.4 is 0 Å². The summed E-state index contributed by atoms with van der Waals surface area (Å²) in [6.45, 7) is 9.16. The fraction of sp³-hybridized carbons (Fsp3) is 0.385. The Labute approximate surface area is 97.8 Å². The molecule has 0 N–H and O–H groups in total. The Bertz CT molecular complexity index is 515. The minimum absolute atomic E-state index is 0.999. The number of fused-ring (bicyclic) bond motifs is 1. The lowest BCUT2D eigenvalue weighted by molar-refractivity contribution is 1.06. The van der Waals surface area contributed by atoms with Crippen molar-refractivity contribution in [1.82, 2.24) is 9.97 Å². The normalized spacial score (nSPS) is 12.0. The molecule has 0 aliphatic heterocycles. The Morgan fingerprint density at radius 2 is 1.56 bits per heavy atom. The van der Waals surface area contributed by atoms with Gasteiger partial charge in [-0.05, 0) is 25.1 Å². The number of hydrogen-bond acceptors (Lipinski definition) is 2. The summed E-state index contributed by atoms with van der Waals surface area (Å²) < 4.78 is 0. The number of aromatic nitrogens is 2. The van der Waals surface area contributed by atoms with Gasteiger partial charge in [0.2, 0.25) is 0 Å². The molecular weight excluding hydrogens is 212 g/mol. The quantitative estimate of drug-likeness (QED) is 0.739. The molecule has 0 atom stereocenters. The van der Waals surface area contributed by atoms with Crippen LogP contribution in [0.4, 0.5) is 0 Å². The van der Waals surface area contributed by atoms with Crippen LogP contribution in [0.5, 0.6) is 0 Å². The number of para-hydroxylation sites is 2. The number of benzene rings is 1. The molecule has 1 aromatic carbocycles. The molecule has 2 aromatic rings. The molecule has 1 heterocycles. The molecule has 2 rings (SSSR count). The highest BCUT2D eigenvalue weighted by molar-refractivity contribution is 6.75. The Balaban J connectivity index is 2.50. The summed E-state index contributed by atoms with van der Waals surface area (Å²) in [7, 11) is -1.12. The Morgan fingerprint density at radius 3 is 2.12 bits per heavy atom. The summed E-state index contributed by atoms with van der Waals surface area (Å²) >= 11 is 0. The third-order valence-electron chi connectivity index (χ3n) is 2.54. The van der Waals surface area contributed by atoms with Gasteiger partial charge in [-0.25, -0.2) is 9.97 Å². The molecule has 0 unspecified atom stereocenters. The Kier molecular flexibility index (Phi) is 2.80. The van der Waals surface area contributed by atoms with E-state index in [2.05, 4.69) is 31.5 Å². The van der Waals surface area contributed by atoms with Crippen molar-refractivity contribution in [3.63, 3.8) is 0 Å². The highest BCUT2D eigenvalue weighted by Crippen LogP contribution is 2.16. The molecule has 0 saturated heterocycles. The van der Waals surface area contributed by atoms with E-state index in [-0.39, 0.29) is 0 Å². The van der Waals surface area contributed by atoms with Gasteiger partial charge in [-0.3, -0.25) is 0 Å². The zero-order chi connectivity index (χ0) is 11.8. The van der Waals surface area contributed by atoms with E-state index in [4.69, 9.17) is 4.98 Å². The SMILES string of the molecule is Cc1nc2ccccc2nc1C[Si](C)(C)C. The first-order valence-corrected chi connectivity index (χ1v) is 9.39.